The number of ether oxygens (including phenoxy) is 1. The zero-order chi connectivity index (χ0) is 21.7. The molecule has 1 heterocycles. The molecule has 0 aliphatic carbocycles. The summed E-state index contributed by atoms with van der Waals surface area (Å²) in [6, 6.07) is 17.6. The van der Waals surface area contributed by atoms with Crippen LogP contribution in [0.3, 0.4) is 0 Å². The Kier molecular flexibility index (Phi) is 6.33. The SMILES string of the molecule is COc1ccc(CNC(=O)/C(C#N)=C\c2cc(C)n(-c3ccccc3F)c2C)cc1. The first-order valence-electron chi connectivity index (χ1n) is 9.41. The van der Waals surface area contributed by atoms with E-state index in [0.717, 1.165) is 22.7 Å². The number of carbonyl (C=O) groups excluding carboxylic acids is 1. The van der Waals surface area contributed by atoms with Crippen molar-refractivity contribution in [2.24, 2.45) is 0 Å². The van der Waals surface area contributed by atoms with Gasteiger partial charge >= 0.3 is 0 Å². The number of aryl methyl sites for hydroxylation is 1. The van der Waals surface area contributed by atoms with Gasteiger partial charge in [-0.1, -0.05) is 24.3 Å². The van der Waals surface area contributed by atoms with Gasteiger partial charge in [0.05, 0.1) is 12.8 Å². The number of amides is 1. The molecule has 1 N–H and O–H groups in total. The molecule has 152 valence electrons. The zero-order valence-electron chi connectivity index (χ0n) is 17.1. The van der Waals surface area contributed by atoms with Crippen LogP contribution in [0.1, 0.15) is 22.5 Å². The Balaban J connectivity index is 1.82. The first-order chi connectivity index (χ1) is 14.4. The number of hydrogen-bond donors (Lipinski definition) is 1. The van der Waals surface area contributed by atoms with Crippen LogP contribution in [0.15, 0.2) is 60.2 Å². The van der Waals surface area contributed by atoms with Crippen molar-refractivity contribution < 1.29 is 13.9 Å². The number of halogens is 1. The van der Waals surface area contributed by atoms with Crippen molar-refractivity contribution in [2.45, 2.75) is 20.4 Å². The molecule has 2 aromatic carbocycles. The van der Waals surface area contributed by atoms with E-state index < -0.39 is 5.91 Å². The molecular formula is C24H22FN3O2. The van der Waals surface area contributed by atoms with Crippen LogP contribution in [-0.2, 0) is 11.3 Å². The van der Waals surface area contributed by atoms with Gasteiger partial charge < -0.3 is 14.6 Å². The summed E-state index contributed by atoms with van der Waals surface area (Å²) in [5, 5.41) is 12.2. The predicted molar refractivity (Wildman–Crippen MR) is 114 cm³/mol. The number of aromatic nitrogens is 1. The highest BCUT2D eigenvalue weighted by Gasteiger charge is 2.15. The summed E-state index contributed by atoms with van der Waals surface area (Å²) >= 11 is 0. The molecule has 0 unspecified atom stereocenters. The highest BCUT2D eigenvalue weighted by atomic mass is 19.1. The summed E-state index contributed by atoms with van der Waals surface area (Å²) in [6.07, 6.45) is 1.53. The second-order valence-corrected chi connectivity index (χ2v) is 6.81. The normalized spacial score (nSPS) is 11.1. The number of carbonyl (C=O) groups is 1. The van der Waals surface area contributed by atoms with Gasteiger partial charge in [-0.05, 0) is 61.4 Å². The first kappa shape index (κ1) is 20.9. The Morgan fingerprint density at radius 3 is 2.53 bits per heavy atom. The lowest BCUT2D eigenvalue weighted by Gasteiger charge is -2.10. The number of para-hydroxylation sites is 1. The van der Waals surface area contributed by atoms with E-state index in [1.54, 1.807) is 42.0 Å². The van der Waals surface area contributed by atoms with Gasteiger partial charge in [0.2, 0.25) is 0 Å². The fraction of sp³-hybridized carbons (Fsp3) is 0.167. The molecule has 0 fully saturated rings. The van der Waals surface area contributed by atoms with Gasteiger partial charge in [-0.15, -0.1) is 0 Å². The van der Waals surface area contributed by atoms with Gasteiger partial charge in [-0.2, -0.15) is 5.26 Å². The van der Waals surface area contributed by atoms with E-state index in [2.05, 4.69) is 5.32 Å². The molecule has 0 saturated heterocycles. The fourth-order valence-electron chi connectivity index (χ4n) is 3.26. The highest BCUT2D eigenvalue weighted by Crippen LogP contribution is 2.24. The average molecular weight is 403 g/mol. The number of nitrogens with one attached hydrogen (secondary N) is 1. The van der Waals surface area contributed by atoms with Gasteiger partial charge in [0.1, 0.15) is 23.2 Å². The quantitative estimate of drug-likeness (QED) is 0.488. The van der Waals surface area contributed by atoms with Crippen molar-refractivity contribution in [2.75, 3.05) is 7.11 Å². The Morgan fingerprint density at radius 1 is 1.20 bits per heavy atom. The molecule has 6 heteroatoms. The molecule has 0 spiro atoms. The molecule has 0 aliphatic heterocycles. The molecule has 5 nitrogen and oxygen atoms in total. The monoisotopic (exact) mass is 403 g/mol. The van der Waals surface area contributed by atoms with E-state index in [0.29, 0.717) is 11.3 Å². The van der Waals surface area contributed by atoms with Crippen molar-refractivity contribution >= 4 is 12.0 Å². The Hall–Kier alpha value is -3.85. The van der Waals surface area contributed by atoms with Crippen LogP contribution in [0.25, 0.3) is 11.8 Å². The number of nitriles is 1. The van der Waals surface area contributed by atoms with E-state index in [1.165, 1.54) is 12.1 Å². The number of methoxy groups -OCH3 is 1. The molecule has 0 saturated carbocycles. The maximum Gasteiger partial charge on any atom is 0.262 e. The highest BCUT2D eigenvalue weighted by molar-refractivity contribution is 6.01. The summed E-state index contributed by atoms with van der Waals surface area (Å²) in [7, 11) is 1.59. The second kappa shape index (κ2) is 9.10. The van der Waals surface area contributed by atoms with Crippen LogP contribution < -0.4 is 10.1 Å². The van der Waals surface area contributed by atoms with Crippen LogP contribution >= 0.6 is 0 Å². The van der Waals surface area contributed by atoms with Gasteiger partial charge in [-0.3, -0.25) is 4.79 Å². The molecule has 30 heavy (non-hydrogen) atoms. The van der Waals surface area contributed by atoms with Crippen LogP contribution in [0, 0.1) is 31.0 Å². The molecular weight excluding hydrogens is 381 g/mol. The van der Waals surface area contributed by atoms with Crippen molar-refractivity contribution in [3.05, 3.63) is 88.5 Å². The van der Waals surface area contributed by atoms with E-state index >= 15 is 0 Å². The van der Waals surface area contributed by atoms with Crippen molar-refractivity contribution in [1.82, 2.24) is 9.88 Å². The number of rotatable bonds is 6. The van der Waals surface area contributed by atoms with Crippen LogP contribution in [0.4, 0.5) is 4.39 Å². The summed E-state index contributed by atoms with van der Waals surface area (Å²) in [6.45, 7) is 3.97. The average Bonchev–Trinajstić information content (AvgIpc) is 3.03. The van der Waals surface area contributed by atoms with Crippen LogP contribution in [0.5, 0.6) is 5.75 Å². The Bertz CT molecular complexity index is 1140. The second-order valence-electron chi connectivity index (χ2n) is 6.81. The summed E-state index contributed by atoms with van der Waals surface area (Å²) < 4.78 is 21.1. The fourth-order valence-corrected chi connectivity index (χ4v) is 3.26. The molecule has 0 bridgehead atoms. The van der Waals surface area contributed by atoms with E-state index in [-0.39, 0.29) is 17.9 Å². The van der Waals surface area contributed by atoms with Gasteiger partial charge in [0.25, 0.3) is 5.91 Å². The topological polar surface area (TPSA) is 67.0 Å². The van der Waals surface area contributed by atoms with Crippen molar-refractivity contribution in [3.8, 4) is 17.5 Å². The van der Waals surface area contributed by atoms with Crippen LogP contribution in [0.2, 0.25) is 0 Å². The molecule has 1 aromatic heterocycles. The number of nitrogens with zero attached hydrogens (tertiary/aromatic N) is 2. The van der Waals surface area contributed by atoms with Gasteiger partial charge in [0.15, 0.2) is 0 Å². The van der Waals surface area contributed by atoms with E-state index in [9.17, 15) is 14.4 Å². The number of hydrogen-bond acceptors (Lipinski definition) is 3. The Labute approximate surface area is 175 Å². The smallest absolute Gasteiger partial charge is 0.262 e. The standard InChI is InChI=1S/C24H22FN3O2/c1-16-12-19(17(2)28(16)23-7-5-4-6-22(23)25)13-20(14-26)24(29)27-15-18-8-10-21(30-3)11-9-18/h4-13H,15H2,1-3H3,(H,27,29)/b20-13-. The third-order valence-corrected chi connectivity index (χ3v) is 4.84. The zero-order valence-corrected chi connectivity index (χ0v) is 17.1. The first-order valence-corrected chi connectivity index (χ1v) is 9.41. The minimum atomic E-state index is -0.469. The largest absolute Gasteiger partial charge is 0.497 e. The summed E-state index contributed by atoms with van der Waals surface area (Å²) in [5.74, 6) is -0.0792. The van der Waals surface area contributed by atoms with Gasteiger partial charge in [0, 0.05) is 17.9 Å². The van der Waals surface area contributed by atoms with E-state index in [4.69, 9.17) is 4.74 Å². The lowest BCUT2D eigenvalue weighted by molar-refractivity contribution is -0.117. The minimum absolute atomic E-state index is 0.0164. The van der Waals surface area contributed by atoms with Crippen molar-refractivity contribution in [1.29, 1.82) is 5.26 Å². The third kappa shape index (κ3) is 4.41. The maximum absolute atomic E-state index is 14.3. The molecule has 1 amide bonds. The lowest BCUT2D eigenvalue weighted by Crippen LogP contribution is -2.23. The molecule has 0 radical (unpaired) electrons. The molecule has 3 aromatic rings. The summed E-state index contributed by atoms with van der Waals surface area (Å²) in [5.41, 5.74) is 3.53. The molecule has 0 atom stereocenters. The third-order valence-electron chi connectivity index (χ3n) is 4.84. The molecule has 0 aliphatic rings. The number of benzene rings is 2. The Morgan fingerprint density at radius 2 is 1.90 bits per heavy atom. The predicted octanol–water partition coefficient (Wildman–Crippen LogP) is 4.47. The lowest BCUT2D eigenvalue weighted by atomic mass is 10.1. The van der Waals surface area contributed by atoms with Crippen molar-refractivity contribution in [3.63, 3.8) is 0 Å². The maximum atomic E-state index is 14.3. The van der Waals surface area contributed by atoms with Crippen LogP contribution in [-0.4, -0.2) is 17.6 Å². The summed E-state index contributed by atoms with van der Waals surface area (Å²) in [4.78, 5) is 12.5. The van der Waals surface area contributed by atoms with Gasteiger partial charge in [-0.25, -0.2) is 4.39 Å². The minimum Gasteiger partial charge on any atom is -0.497 e. The van der Waals surface area contributed by atoms with E-state index in [1.807, 2.05) is 38.1 Å². The molecule has 3 rings (SSSR count).